The van der Waals surface area contributed by atoms with Crippen molar-refractivity contribution in [3.8, 4) is 0 Å². The van der Waals surface area contributed by atoms with E-state index >= 15 is 0 Å². The monoisotopic (exact) mass is 430 g/mol. The van der Waals surface area contributed by atoms with Gasteiger partial charge in [0.15, 0.2) is 6.61 Å². The maximum Gasteiger partial charge on any atom is 0.331 e. The molecule has 0 saturated heterocycles. The largest absolute Gasteiger partial charge is 0.454 e. The van der Waals surface area contributed by atoms with Crippen molar-refractivity contribution >= 4 is 29.4 Å². The first-order chi connectivity index (χ1) is 14.3. The summed E-state index contributed by atoms with van der Waals surface area (Å²) in [5.41, 5.74) is 1.68. The number of rotatable bonds is 7. The number of benzene rings is 2. The standard InChI is InChI=1S/C22H17ClF2N2O3/c1-14-17(22(23)27(26-14)12-15-5-3-2-4-6-15)8-10-21(29)30-13-20(28)18-11-16(24)7-9-19(18)25/h2-11H,12-13H2,1H3/b10-8+. The third kappa shape index (κ3) is 5.18. The highest BCUT2D eigenvalue weighted by molar-refractivity contribution is 6.31. The SMILES string of the molecule is Cc1nn(Cc2ccccc2)c(Cl)c1/C=C/C(=O)OCC(=O)c1cc(F)ccc1F. The van der Waals surface area contributed by atoms with Crippen molar-refractivity contribution in [3.63, 3.8) is 0 Å². The van der Waals surface area contributed by atoms with Crippen LogP contribution in [0, 0.1) is 18.6 Å². The minimum atomic E-state index is -0.888. The molecule has 0 aliphatic carbocycles. The Kier molecular flexibility index (Phi) is 6.74. The Balaban J connectivity index is 1.63. The third-order valence-corrected chi connectivity index (χ3v) is 4.64. The van der Waals surface area contributed by atoms with Gasteiger partial charge in [-0.3, -0.25) is 4.79 Å². The minimum absolute atomic E-state index is 0.346. The van der Waals surface area contributed by atoms with Crippen molar-refractivity contribution in [3.05, 3.63) is 93.8 Å². The van der Waals surface area contributed by atoms with Crippen LogP contribution in [0.4, 0.5) is 8.78 Å². The number of aryl methyl sites for hydroxylation is 1. The van der Waals surface area contributed by atoms with E-state index in [0.717, 1.165) is 29.8 Å². The van der Waals surface area contributed by atoms with Crippen molar-refractivity contribution < 1.29 is 23.1 Å². The second-order valence-electron chi connectivity index (χ2n) is 6.42. The summed E-state index contributed by atoms with van der Waals surface area (Å²) < 4.78 is 33.2. The van der Waals surface area contributed by atoms with Gasteiger partial charge in [0.25, 0.3) is 0 Å². The fraction of sp³-hybridized carbons (Fsp3) is 0.136. The van der Waals surface area contributed by atoms with E-state index in [9.17, 15) is 18.4 Å². The molecule has 0 aliphatic rings. The third-order valence-electron chi connectivity index (χ3n) is 4.24. The van der Waals surface area contributed by atoms with Crippen LogP contribution in [0.15, 0.2) is 54.6 Å². The molecule has 0 N–H and O–H groups in total. The number of hydrogen-bond donors (Lipinski definition) is 0. The second kappa shape index (κ2) is 9.45. The molecule has 1 heterocycles. The van der Waals surface area contributed by atoms with Gasteiger partial charge in [-0.25, -0.2) is 18.3 Å². The Labute approximate surface area is 176 Å². The first-order valence-electron chi connectivity index (χ1n) is 8.95. The quantitative estimate of drug-likeness (QED) is 0.312. The fourth-order valence-electron chi connectivity index (χ4n) is 2.74. The highest BCUT2D eigenvalue weighted by atomic mass is 35.5. The number of halogens is 3. The lowest BCUT2D eigenvalue weighted by Crippen LogP contribution is -2.14. The van der Waals surface area contributed by atoms with E-state index in [-0.39, 0.29) is 0 Å². The molecule has 30 heavy (non-hydrogen) atoms. The van der Waals surface area contributed by atoms with Crippen LogP contribution in [0.1, 0.15) is 27.2 Å². The molecule has 1 aromatic heterocycles. The van der Waals surface area contributed by atoms with Gasteiger partial charge in [0, 0.05) is 11.6 Å². The molecule has 0 radical (unpaired) electrons. The van der Waals surface area contributed by atoms with Crippen LogP contribution in [-0.2, 0) is 16.1 Å². The lowest BCUT2D eigenvalue weighted by atomic mass is 10.1. The van der Waals surface area contributed by atoms with Crippen LogP contribution in [0.2, 0.25) is 5.15 Å². The molecule has 154 valence electrons. The van der Waals surface area contributed by atoms with E-state index in [0.29, 0.717) is 23.0 Å². The molecule has 0 spiro atoms. The van der Waals surface area contributed by atoms with E-state index in [1.807, 2.05) is 30.3 Å². The van der Waals surface area contributed by atoms with Crippen LogP contribution in [0.3, 0.4) is 0 Å². The summed E-state index contributed by atoms with van der Waals surface area (Å²) in [7, 11) is 0. The minimum Gasteiger partial charge on any atom is -0.454 e. The maximum absolute atomic E-state index is 13.6. The summed E-state index contributed by atoms with van der Waals surface area (Å²) in [6.45, 7) is 1.49. The van der Waals surface area contributed by atoms with Crippen molar-refractivity contribution in [2.24, 2.45) is 0 Å². The van der Waals surface area contributed by atoms with Crippen molar-refractivity contribution in [2.45, 2.75) is 13.5 Å². The average molecular weight is 431 g/mol. The van der Waals surface area contributed by atoms with E-state index < -0.39 is 35.6 Å². The molecule has 0 saturated carbocycles. The Hall–Kier alpha value is -3.32. The fourth-order valence-corrected chi connectivity index (χ4v) is 3.04. The Morgan fingerprint density at radius 2 is 1.90 bits per heavy atom. The number of carbonyl (C=O) groups excluding carboxylic acids is 2. The zero-order valence-electron chi connectivity index (χ0n) is 15.9. The normalized spacial score (nSPS) is 11.1. The van der Waals surface area contributed by atoms with Crippen LogP contribution in [0.5, 0.6) is 0 Å². The smallest absolute Gasteiger partial charge is 0.331 e. The highest BCUT2D eigenvalue weighted by Crippen LogP contribution is 2.22. The molecule has 0 unspecified atom stereocenters. The van der Waals surface area contributed by atoms with Gasteiger partial charge in [0.2, 0.25) is 5.78 Å². The molecule has 5 nitrogen and oxygen atoms in total. The van der Waals surface area contributed by atoms with Crippen LogP contribution >= 0.6 is 11.6 Å². The molecule has 0 fully saturated rings. The van der Waals surface area contributed by atoms with Crippen LogP contribution < -0.4 is 0 Å². The lowest BCUT2D eigenvalue weighted by Gasteiger charge is -2.04. The maximum atomic E-state index is 13.6. The van der Waals surface area contributed by atoms with Crippen LogP contribution in [-0.4, -0.2) is 28.1 Å². The Morgan fingerprint density at radius 3 is 2.63 bits per heavy atom. The molecule has 0 bridgehead atoms. The van der Waals surface area contributed by atoms with Gasteiger partial charge in [-0.2, -0.15) is 5.10 Å². The molecule has 3 aromatic rings. The van der Waals surface area contributed by atoms with E-state index in [1.54, 1.807) is 11.6 Å². The van der Waals surface area contributed by atoms with E-state index in [4.69, 9.17) is 16.3 Å². The first-order valence-corrected chi connectivity index (χ1v) is 9.33. The average Bonchev–Trinajstić information content (AvgIpc) is 2.99. The molecule has 3 rings (SSSR count). The Morgan fingerprint density at radius 1 is 1.17 bits per heavy atom. The zero-order chi connectivity index (χ0) is 21.7. The predicted octanol–water partition coefficient (Wildman–Crippen LogP) is 4.61. The second-order valence-corrected chi connectivity index (χ2v) is 6.78. The summed E-state index contributed by atoms with van der Waals surface area (Å²) in [4.78, 5) is 23.9. The molecule has 0 amide bonds. The van der Waals surface area contributed by atoms with Crippen molar-refractivity contribution in [1.29, 1.82) is 0 Å². The topological polar surface area (TPSA) is 61.2 Å². The number of nitrogens with zero attached hydrogens (tertiary/aromatic N) is 2. The number of esters is 1. The summed E-state index contributed by atoms with van der Waals surface area (Å²) in [6, 6.07) is 12.1. The van der Waals surface area contributed by atoms with Gasteiger partial charge in [-0.15, -0.1) is 0 Å². The van der Waals surface area contributed by atoms with E-state index in [2.05, 4.69) is 5.10 Å². The number of aromatic nitrogens is 2. The number of carbonyl (C=O) groups is 2. The number of ether oxygens (including phenoxy) is 1. The van der Waals surface area contributed by atoms with Crippen molar-refractivity contribution in [1.82, 2.24) is 9.78 Å². The molecule has 0 atom stereocenters. The number of hydrogen-bond acceptors (Lipinski definition) is 4. The van der Waals surface area contributed by atoms with Gasteiger partial charge in [-0.1, -0.05) is 41.9 Å². The van der Waals surface area contributed by atoms with Crippen LogP contribution in [0.25, 0.3) is 6.08 Å². The molecule has 2 aromatic carbocycles. The highest BCUT2D eigenvalue weighted by Gasteiger charge is 2.15. The first kappa shape index (κ1) is 21.4. The van der Waals surface area contributed by atoms with Gasteiger partial charge < -0.3 is 4.74 Å². The Bertz CT molecular complexity index is 1110. The molecule has 8 heteroatoms. The number of ketones is 1. The summed E-state index contributed by atoms with van der Waals surface area (Å²) in [5, 5.41) is 4.71. The van der Waals surface area contributed by atoms with Gasteiger partial charge in [0.05, 0.1) is 17.8 Å². The van der Waals surface area contributed by atoms with Gasteiger partial charge in [0.1, 0.15) is 16.8 Å². The summed E-state index contributed by atoms with van der Waals surface area (Å²) in [5.74, 6) is -3.32. The molecule has 0 aliphatic heterocycles. The zero-order valence-corrected chi connectivity index (χ0v) is 16.7. The molecular formula is C22H17ClF2N2O3. The van der Waals surface area contributed by atoms with Crippen molar-refractivity contribution in [2.75, 3.05) is 6.61 Å². The predicted molar refractivity (Wildman–Crippen MR) is 108 cm³/mol. The van der Waals surface area contributed by atoms with Gasteiger partial charge in [-0.05, 0) is 36.8 Å². The number of Topliss-reactive ketones (excluding diaryl/α,β-unsaturated/α-hetero) is 1. The van der Waals surface area contributed by atoms with Gasteiger partial charge >= 0.3 is 5.97 Å². The summed E-state index contributed by atoms with van der Waals surface area (Å²) in [6.07, 6.45) is 2.53. The lowest BCUT2D eigenvalue weighted by molar-refractivity contribution is -0.136. The van der Waals surface area contributed by atoms with E-state index in [1.165, 1.54) is 6.08 Å². The molecular weight excluding hydrogens is 414 g/mol. The summed E-state index contributed by atoms with van der Waals surface area (Å²) >= 11 is 6.37.